The average Bonchev–Trinajstić information content (AvgIpc) is 3.21. The molecule has 0 bridgehead atoms. The third-order valence-electron chi connectivity index (χ3n) is 5.16. The van der Waals surface area contributed by atoms with Crippen molar-refractivity contribution in [3.63, 3.8) is 0 Å². The Balaban J connectivity index is 1.37. The van der Waals surface area contributed by atoms with Crippen LogP contribution in [0.4, 0.5) is 11.6 Å². The first-order valence-corrected chi connectivity index (χ1v) is 8.39. The third kappa shape index (κ3) is 2.41. The molecule has 126 valence electrons. The second-order valence-corrected chi connectivity index (χ2v) is 6.68. The highest BCUT2D eigenvalue weighted by atomic mass is 16.1. The summed E-state index contributed by atoms with van der Waals surface area (Å²) in [5.41, 5.74) is 0.571. The number of hydrogen-bond acceptors (Lipinski definition) is 7. The maximum atomic E-state index is 11.2. The van der Waals surface area contributed by atoms with E-state index in [1.807, 2.05) is 12.1 Å². The van der Waals surface area contributed by atoms with E-state index in [0.29, 0.717) is 11.8 Å². The summed E-state index contributed by atoms with van der Waals surface area (Å²) in [5.74, 6) is 2.95. The second-order valence-electron chi connectivity index (χ2n) is 6.68. The predicted molar refractivity (Wildman–Crippen MR) is 93.6 cm³/mol. The van der Waals surface area contributed by atoms with Crippen molar-refractivity contribution < 1.29 is 0 Å². The van der Waals surface area contributed by atoms with Crippen molar-refractivity contribution >= 4 is 22.7 Å². The molecule has 0 spiro atoms. The Kier molecular flexibility index (Phi) is 3.16. The minimum Gasteiger partial charge on any atom is -0.355 e. The number of H-pyrrole nitrogens is 1. The van der Waals surface area contributed by atoms with Crippen molar-refractivity contribution in [1.82, 2.24) is 25.1 Å². The van der Waals surface area contributed by atoms with Crippen molar-refractivity contribution in [1.29, 1.82) is 0 Å². The quantitative estimate of drug-likeness (QED) is 0.736. The van der Waals surface area contributed by atoms with Crippen LogP contribution in [0.15, 0.2) is 41.6 Å². The van der Waals surface area contributed by atoms with Gasteiger partial charge in [-0.15, -0.1) is 0 Å². The van der Waals surface area contributed by atoms with Crippen LogP contribution in [0.5, 0.6) is 0 Å². The molecule has 2 unspecified atom stereocenters. The van der Waals surface area contributed by atoms with Crippen molar-refractivity contribution in [3.05, 3.63) is 47.1 Å². The van der Waals surface area contributed by atoms with Crippen LogP contribution in [0.1, 0.15) is 0 Å². The van der Waals surface area contributed by atoms with Gasteiger partial charge in [-0.3, -0.25) is 4.79 Å². The number of nitrogens with one attached hydrogen (secondary N) is 1. The fourth-order valence-corrected chi connectivity index (χ4v) is 4.00. The van der Waals surface area contributed by atoms with Gasteiger partial charge < -0.3 is 9.80 Å². The number of nitrogens with zero attached hydrogens (tertiary/aromatic N) is 6. The normalized spacial score (nSPS) is 22.6. The molecule has 5 rings (SSSR count). The van der Waals surface area contributed by atoms with Crippen LogP contribution in [0, 0.1) is 11.8 Å². The van der Waals surface area contributed by atoms with Crippen LogP contribution in [0.3, 0.4) is 0 Å². The molecule has 1 N–H and O–H groups in total. The summed E-state index contributed by atoms with van der Waals surface area (Å²) in [5, 5.41) is 7.67. The van der Waals surface area contributed by atoms with Crippen LogP contribution >= 0.6 is 0 Å². The molecule has 2 aliphatic heterocycles. The zero-order valence-electron chi connectivity index (χ0n) is 13.5. The highest BCUT2D eigenvalue weighted by molar-refractivity contribution is 5.86. The third-order valence-corrected chi connectivity index (χ3v) is 5.16. The van der Waals surface area contributed by atoms with Gasteiger partial charge in [0.2, 0.25) is 0 Å². The smallest absolute Gasteiger partial charge is 0.264 e. The fourth-order valence-electron chi connectivity index (χ4n) is 4.00. The van der Waals surface area contributed by atoms with Gasteiger partial charge in [-0.05, 0) is 18.2 Å². The van der Waals surface area contributed by atoms with Gasteiger partial charge in [0.1, 0.15) is 18.0 Å². The summed E-state index contributed by atoms with van der Waals surface area (Å²) in [6, 6.07) is 7.28. The van der Waals surface area contributed by atoms with Crippen LogP contribution in [-0.4, -0.2) is 51.3 Å². The van der Waals surface area contributed by atoms with Crippen LogP contribution in [0.25, 0.3) is 11.0 Å². The molecule has 2 atom stereocenters. The fraction of sp³-hybridized carbons (Fsp3) is 0.353. The van der Waals surface area contributed by atoms with E-state index in [9.17, 15) is 4.79 Å². The van der Waals surface area contributed by atoms with Crippen LogP contribution in [-0.2, 0) is 0 Å². The molecule has 0 saturated carbocycles. The molecule has 8 nitrogen and oxygen atoms in total. The molecule has 0 radical (unpaired) electrons. The van der Waals surface area contributed by atoms with Gasteiger partial charge >= 0.3 is 0 Å². The molecule has 2 fully saturated rings. The topological polar surface area (TPSA) is 90.9 Å². The molecule has 0 aliphatic carbocycles. The zero-order chi connectivity index (χ0) is 16.8. The van der Waals surface area contributed by atoms with Crippen molar-refractivity contribution in [2.24, 2.45) is 11.8 Å². The second kappa shape index (κ2) is 5.51. The lowest BCUT2D eigenvalue weighted by Gasteiger charge is -2.23. The van der Waals surface area contributed by atoms with Gasteiger partial charge in [-0.25, -0.2) is 20.1 Å². The number of hydrogen-bond donors (Lipinski definition) is 1. The van der Waals surface area contributed by atoms with Gasteiger partial charge in [-0.1, -0.05) is 0 Å². The van der Waals surface area contributed by atoms with E-state index in [0.717, 1.165) is 48.8 Å². The van der Waals surface area contributed by atoms with Gasteiger partial charge in [0.15, 0.2) is 5.65 Å². The number of rotatable bonds is 2. The Bertz CT molecular complexity index is 948. The summed E-state index contributed by atoms with van der Waals surface area (Å²) in [6.45, 7) is 3.82. The lowest BCUT2D eigenvalue weighted by molar-refractivity contribution is 0.533. The van der Waals surface area contributed by atoms with Crippen molar-refractivity contribution in [2.75, 3.05) is 36.0 Å². The molecule has 2 saturated heterocycles. The van der Waals surface area contributed by atoms with E-state index < -0.39 is 0 Å². The molecule has 3 aromatic heterocycles. The highest BCUT2D eigenvalue weighted by Crippen LogP contribution is 2.36. The largest absolute Gasteiger partial charge is 0.355 e. The van der Waals surface area contributed by atoms with E-state index in [1.165, 1.54) is 6.07 Å². The molecular formula is C17H17N7O. The monoisotopic (exact) mass is 335 g/mol. The number of fused-ring (bicyclic) bond motifs is 2. The standard InChI is InChI=1S/C17H17N7O/c25-15-4-3-14(21-22-15)23-6-11-8-24(9-12(11)7-23)17-13-2-1-5-18-16(13)19-10-20-17/h1-5,10-12H,6-9H2,(H,22,25). The van der Waals surface area contributed by atoms with E-state index >= 15 is 0 Å². The summed E-state index contributed by atoms with van der Waals surface area (Å²) >= 11 is 0. The maximum Gasteiger partial charge on any atom is 0.264 e. The SMILES string of the molecule is O=c1ccc(N2CC3CN(c4ncnc5ncccc45)CC3C2)n[nH]1. The van der Waals surface area contributed by atoms with Gasteiger partial charge in [0, 0.05) is 50.3 Å². The average molecular weight is 335 g/mol. The highest BCUT2D eigenvalue weighted by Gasteiger charge is 2.41. The molecular weight excluding hydrogens is 318 g/mol. The van der Waals surface area contributed by atoms with E-state index in [2.05, 4.69) is 34.9 Å². The van der Waals surface area contributed by atoms with E-state index in [-0.39, 0.29) is 5.56 Å². The minimum absolute atomic E-state index is 0.168. The summed E-state index contributed by atoms with van der Waals surface area (Å²) in [4.78, 5) is 28.9. The van der Waals surface area contributed by atoms with Gasteiger partial charge in [0.25, 0.3) is 5.56 Å². The Hall–Kier alpha value is -3.03. The van der Waals surface area contributed by atoms with Gasteiger partial charge in [-0.2, -0.15) is 5.10 Å². The van der Waals surface area contributed by atoms with E-state index in [1.54, 1.807) is 18.6 Å². The summed E-state index contributed by atoms with van der Waals surface area (Å²) in [7, 11) is 0. The predicted octanol–water partition coefficient (Wildman–Crippen LogP) is 0.681. The number of anilines is 2. The number of pyridine rings is 1. The Labute approximate surface area is 143 Å². The first kappa shape index (κ1) is 14.3. The molecule has 25 heavy (non-hydrogen) atoms. The first-order valence-electron chi connectivity index (χ1n) is 8.39. The number of aromatic nitrogens is 5. The van der Waals surface area contributed by atoms with Crippen molar-refractivity contribution in [2.45, 2.75) is 0 Å². The Morgan fingerprint density at radius 3 is 2.52 bits per heavy atom. The summed E-state index contributed by atoms with van der Waals surface area (Å²) in [6.07, 6.45) is 3.35. The number of aromatic amines is 1. The van der Waals surface area contributed by atoms with Crippen LogP contribution < -0.4 is 15.4 Å². The molecule has 8 heteroatoms. The summed E-state index contributed by atoms with van der Waals surface area (Å²) < 4.78 is 0. The molecule has 0 aromatic carbocycles. The zero-order valence-corrected chi connectivity index (χ0v) is 13.5. The molecule has 0 amide bonds. The lowest BCUT2D eigenvalue weighted by atomic mass is 10.0. The van der Waals surface area contributed by atoms with E-state index in [4.69, 9.17) is 0 Å². The maximum absolute atomic E-state index is 11.2. The minimum atomic E-state index is -0.168. The Morgan fingerprint density at radius 1 is 0.960 bits per heavy atom. The first-order chi connectivity index (χ1) is 12.3. The molecule has 5 heterocycles. The molecule has 3 aromatic rings. The van der Waals surface area contributed by atoms with Gasteiger partial charge in [0.05, 0.1) is 5.39 Å². The lowest BCUT2D eigenvalue weighted by Crippen LogP contribution is -2.30. The molecule has 2 aliphatic rings. The Morgan fingerprint density at radius 2 is 1.76 bits per heavy atom. The van der Waals surface area contributed by atoms with Crippen LogP contribution in [0.2, 0.25) is 0 Å². The van der Waals surface area contributed by atoms with Crippen molar-refractivity contribution in [3.8, 4) is 0 Å².